The lowest BCUT2D eigenvalue weighted by atomic mass is 10.0. The lowest BCUT2D eigenvalue weighted by Gasteiger charge is -2.24. The van der Waals surface area contributed by atoms with Gasteiger partial charge in [-0.05, 0) is 17.7 Å². The molecule has 1 amide bonds. The third-order valence-electron chi connectivity index (χ3n) is 3.65. The summed E-state index contributed by atoms with van der Waals surface area (Å²) in [6, 6.07) is 2.24. The molecule has 1 fully saturated rings. The monoisotopic (exact) mass is 347 g/mol. The van der Waals surface area contributed by atoms with Crippen LogP contribution in [-0.2, 0) is 26.2 Å². The fraction of sp³-hybridized carbons (Fsp3) is 0.385. The van der Waals surface area contributed by atoms with Gasteiger partial charge in [-0.2, -0.15) is 8.42 Å². The van der Waals surface area contributed by atoms with Gasteiger partial charge in [0, 0.05) is 19.4 Å². The molecule has 3 N–H and O–H groups in total. The normalized spacial score (nSPS) is 19.8. The Morgan fingerprint density at radius 1 is 1.35 bits per heavy atom. The second-order valence-electron chi connectivity index (χ2n) is 5.23. The molecule has 0 aromatic heterocycles. The van der Waals surface area contributed by atoms with E-state index in [1.807, 2.05) is 0 Å². The van der Waals surface area contributed by atoms with Crippen LogP contribution in [0.4, 0.5) is 3.89 Å². The zero-order valence-electron chi connectivity index (χ0n) is 11.7. The Morgan fingerprint density at radius 3 is 2.48 bits per heavy atom. The molecule has 0 radical (unpaired) electrons. The average Bonchev–Trinajstić information content (AvgIpc) is 2.81. The van der Waals surface area contributed by atoms with Crippen molar-refractivity contribution in [3.05, 3.63) is 23.8 Å². The number of aromatic hydroxyl groups is 2. The van der Waals surface area contributed by atoms with E-state index in [-0.39, 0.29) is 12.2 Å². The number of aliphatic carboxylic acids is 1. The fourth-order valence-electron chi connectivity index (χ4n) is 2.44. The zero-order chi connectivity index (χ0) is 17.4. The molecule has 0 bridgehead atoms. The van der Waals surface area contributed by atoms with E-state index in [1.54, 1.807) is 0 Å². The Morgan fingerprint density at radius 2 is 2.00 bits per heavy atom. The predicted octanol–water partition coefficient (Wildman–Crippen LogP) is -0.00630. The van der Waals surface area contributed by atoms with Crippen LogP contribution in [0.3, 0.4) is 0 Å². The maximum Gasteiger partial charge on any atom is 0.326 e. The van der Waals surface area contributed by atoms with Crippen LogP contribution in [0.1, 0.15) is 12.0 Å². The number of halogens is 1. The molecule has 8 nitrogen and oxygen atoms in total. The Bertz CT molecular complexity index is 749. The number of carbonyl (C=O) groups excluding carboxylic acids is 1. The van der Waals surface area contributed by atoms with Crippen molar-refractivity contribution < 1.29 is 37.2 Å². The second kappa shape index (κ2) is 6.03. The summed E-state index contributed by atoms with van der Waals surface area (Å²) in [6.07, 6.45) is -0.836. The van der Waals surface area contributed by atoms with Gasteiger partial charge in [0.25, 0.3) is 0 Å². The van der Waals surface area contributed by atoms with E-state index < -0.39 is 52.1 Å². The number of carboxylic acid groups (broad SMARTS) is 1. The number of benzene rings is 1. The van der Waals surface area contributed by atoms with Crippen molar-refractivity contribution >= 4 is 22.1 Å². The molecule has 2 atom stereocenters. The van der Waals surface area contributed by atoms with Gasteiger partial charge in [-0.15, -0.1) is 3.89 Å². The van der Waals surface area contributed by atoms with Crippen molar-refractivity contribution in [2.45, 2.75) is 24.1 Å². The minimum Gasteiger partial charge on any atom is -0.504 e. The summed E-state index contributed by atoms with van der Waals surface area (Å²) in [7, 11) is -4.94. The summed E-state index contributed by atoms with van der Waals surface area (Å²) in [5.41, 5.74) is 0.312. The van der Waals surface area contributed by atoms with Crippen LogP contribution in [0, 0.1) is 0 Å². The van der Waals surface area contributed by atoms with Gasteiger partial charge >= 0.3 is 16.2 Å². The molecule has 0 saturated carbocycles. The molecule has 1 aromatic carbocycles. The van der Waals surface area contributed by atoms with E-state index in [2.05, 4.69) is 0 Å². The topological polar surface area (TPSA) is 132 Å². The van der Waals surface area contributed by atoms with Crippen LogP contribution in [0.5, 0.6) is 11.5 Å². The third-order valence-corrected chi connectivity index (χ3v) is 4.76. The van der Waals surface area contributed by atoms with E-state index >= 15 is 0 Å². The van der Waals surface area contributed by atoms with Crippen LogP contribution >= 0.6 is 0 Å². The standard InChI is InChI=1S/C13H14FNO7S/c14-23(21,22)8-5-12(18)15(6-8)9(13(19)20)3-7-1-2-10(16)11(17)4-7/h1-2,4,8-9,16-17H,3,5-6H2,(H,19,20)/t8?,9-/m0/s1. The Hall–Kier alpha value is -2.36. The van der Waals surface area contributed by atoms with Gasteiger partial charge < -0.3 is 20.2 Å². The molecule has 1 aromatic rings. The highest BCUT2D eigenvalue weighted by Crippen LogP contribution is 2.27. The predicted molar refractivity (Wildman–Crippen MR) is 75.0 cm³/mol. The maximum absolute atomic E-state index is 13.0. The minimum absolute atomic E-state index is 0.228. The van der Waals surface area contributed by atoms with Crippen molar-refractivity contribution in [3.63, 3.8) is 0 Å². The molecule has 2 rings (SSSR count). The van der Waals surface area contributed by atoms with Crippen molar-refractivity contribution in [2.24, 2.45) is 0 Å². The van der Waals surface area contributed by atoms with Crippen LogP contribution in [0.15, 0.2) is 18.2 Å². The number of phenolic OH excluding ortho intramolecular Hbond substituents is 2. The zero-order valence-corrected chi connectivity index (χ0v) is 12.5. The number of nitrogens with zero attached hydrogens (tertiary/aromatic N) is 1. The SMILES string of the molecule is O=C(O)[C@H](Cc1ccc(O)c(O)c1)N1CC(S(=O)(=O)F)CC1=O. The van der Waals surface area contributed by atoms with Gasteiger partial charge in [-0.1, -0.05) is 6.07 Å². The second-order valence-corrected chi connectivity index (χ2v) is 6.85. The lowest BCUT2D eigenvalue weighted by molar-refractivity contribution is -0.148. The molecule has 1 heterocycles. The molecular weight excluding hydrogens is 333 g/mol. The summed E-state index contributed by atoms with van der Waals surface area (Å²) < 4.78 is 34.8. The molecule has 1 aliphatic rings. The van der Waals surface area contributed by atoms with E-state index in [0.717, 1.165) is 17.0 Å². The molecule has 0 aliphatic carbocycles. The summed E-state index contributed by atoms with van der Waals surface area (Å²) in [5.74, 6) is -3.00. The largest absolute Gasteiger partial charge is 0.504 e. The lowest BCUT2D eigenvalue weighted by Crippen LogP contribution is -2.44. The number of likely N-dealkylation sites (tertiary alicyclic amines) is 1. The molecule has 1 saturated heterocycles. The van der Waals surface area contributed by atoms with E-state index in [0.29, 0.717) is 5.56 Å². The molecule has 1 unspecified atom stereocenters. The summed E-state index contributed by atoms with van der Waals surface area (Å²) in [6.45, 7) is -0.543. The van der Waals surface area contributed by atoms with Crippen LogP contribution in [-0.4, -0.2) is 58.4 Å². The van der Waals surface area contributed by atoms with E-state index in [9.17, 15) is 37.2 Å². The minimum atomic E-state index is -4.94. The highest BCUT2D eigenvalue weighted by atomic mass is 32.3. The molecule has 0 spiro atoms. The number of amides is 1. The average molecular weight is 347 g/mol. The number of carbonyl (C=O) groups is 2. The molecule has 10 heteroatoms. The summed E-state index contributed by atoms with van der Waals surface area (Å²) in [4.78, 5) is 24.0. The third kappa shape index (κ3) is 3.70. The maximum atomic E-state index is 13.0. The fourth-order valence-corrected chi connectivity index (χ4v) is 3.12. The van der Waals surface area contributed by atoms with Gasteiger partial charge in [0.2, 0.25) is 5.91 Å². The van der Waals surface area contributed by atoms with Crippen LogP contribution in [0.2, 0.25) is 0 Å². The summed E-state index contributed by atoms with van der Waals surface area (Å²) in [5, 5.41) is 26.3. The van der Waals surface area contributed by atoms with Gasteiger partial charge in [0.05, 0.1) is 0 Å². The van der Waals surface area contributed by atoms with Gasteiger partial charge in [-0.25, -0.2) is 4.79 Å². The Labute approximate surface area is 131 Å². The first-order chi connectivity index (χ1) is 10.6. The first kappa shape index (κ1) is 17.0. The van der Waals surface area contributed by atoms with Gasteiger partial charge in [0.15, 0.2) is 11.5 Å². The molecule has 23 heavy (non-hydrogen) atoms. The van der Waals surface area contributed by atoms with Gasteiger partial charge in [-0.3, -0.25) is 4.79 Å². The molecule has 126 valence electrons. The number of carboxylic acids is 1. The first-order valence-corrected chi connectivity index (χ1v) is 8.01. The van der Waals surface area contributed by atoms with Crippen molar-refractivity contribution in [1.82, 2.24) is 4.90 Å². The van der Waals surface area contributed by atoms with Crippen molar-refractivity contribution in [3.8, 4) is 11.5 Å². The number of hydrogen-bond acceptors (Lipinski definition) is 6. The van der Waals surface area contributed by atoms with Gasteiger partial charge in [0.1, 0.15) is 11.3 Å². The highest BCUT2D eigenvalue weighted by molar-refractivity contribution is 7.87. The Kier molecular flexibility index (Phi) is 4.46. The van der Waals surface area contributed by atoms with E-state index in [4.69, 9.17) is 0 Å². The van der Waals surface area contributed by atoms with Crippen molar-refractivity contribution in [1.29, 1.82) is 0 Å². The highest BCUT2D eigenvalue weighted by Gasteiger charge is 2.43. The molecular formula is C13H14FNO7S. The molecule has 1 aliphatic heterocycles. The summed E-state index contributed by atoms with van der Waals surface area (Å²) >= 11 is 0. The number of hydrogen-bond donors (Lipinski definition) is 3. The Balaban J connectivity index is 2.23. The van der Waals surface area contributed by atoms with Crippen LogP contribution in [0.25, 0.3) is 0 Å². The van der Waals surface area contributed by atoms with Crippen molar-refractivity contribution in [2.75, 3.05) is 6.54 Å². The number of phenols is 2. The smallest absolute Gasteiger partial charge is 0.326 e. The quantitative estimate of drug-likeness (QED) is 0.504. The number of rotatable bonds is 5. The van der Waals surface area contributed by atoms with Crippen LogP contribution < -0.4 is 0 Å². The first-order valence-electron chi connectivity index (χ1n) is 6.56. The van der Waals surface area contributed by atoms with E-state index in [1.165, 1.54) is 6.07 Å².